The molecule has 2 heterocycles. The monoisotopic (exact) mass is 371 g/mol. The molecule has 5 heteroatoms. The van der Waals surface area contributed by atoms with E-state index in [0.717, 1.165) is 44.6 Å². The number of aryl methyl sites for hydroxylation is 1. The number of hydrogen-bond acceptors (Lipinski definition) is 4. The van der Waals surface area contributed by atoms with Gasteiger partial charge in [-0.15, -0.1) is 0 Å². The zero-order valence-electron chi connectivity index (χ0n) is 17.1. The number of hydrogen-bond donors (Lipinski definition) is 1. The van der Waals surface area contributed by atoms with E-state index < -0.39 is 0 Å². The molecule has 1 aliphatic rings. The van der Waals surface area contributed by atoms with Crippen molar-refractivity contribution in [1.29, 1.82) is 0 Å². The Labute approximate surface area is 163 Å². The van der Waals surface area contributed by atoms with Crippen LogP contribution < -0.4 is 4.74 Å². The van der Waals surface area contributed by atoms with E-state index in [4.69, 9.17) is 9.72 Å². The molecule has 0 saturated carbocycles. The fourth-order valence-electron chi connectivity index (χ4n) is 3.71. The molecule has 0 spiro atoms. The first-order valence-corrected chi connectivity index (χ1v) is 10.1. The standard InChI is InChI=1S/C22H33N3O2/c1-16(2)5-10-22-23-20(13-18-6-8-19(27-4)9-7-18)21-14-24(17(3)15-26)11-12-25(21)22/h6-9,16-17,26H,5,10-15H2,1-4H3. The highest BCUT2D eigenvalue weighted by atomic mass is 16.5. The van der Waals surface area contributed by atoms with Crippen molar-refractivity contribution < 1.29 is 9.84 Å². The van der Waals surface area contributed by atoms with Crippen molar-refractivity contribution in [2.75, 3.05) is 20.3 Å². The highest BCUT2D eigenvalue weighted by molar-refractivity contribution is 5.32. The number of imidazole rings is 1. The van der Waals surface area contributed by atoms with Crippen LogP contribution in [-0.2, 0) is 25.9 Å². The second kappa shape index (κ2) is 8.89. The molecule has 0 bridgehead atoms. The smallest absolute Gasteiger partial charge is 0.118 e. The minimum atomic E-state index is 0.182. The third kappa shape index (κ3) is 4.71. The number of fused-ring (bicyclic) bond motifs is 1. The van der Waals surface area contributed by atoms with E-state index in [0.29, 0.717) is 5.92 Å². The topological polar surface area (TPSA) is 50.5 Å². The Morgan fingerprint density at radius 2 is 1.89 bits per heavy atom. The van der Waals surface area contributed by atoms with Crippen LogP contribution in [0.4, 0.5) is 0 Å². The molecule has 27 heavy (non-hydrogen) atoms. The van der Waals surface area contributed by atoms with E-state index in [1.54, 1.807) is 7.11 Å². The summed E-state index contributed by atoms with van der Waals surface area (Å²) in [4.78, 5) is 7.43. The Hall–Kier alpha value is -1.85. The van der Waals surface area contributed by atoms with Crippen LogP contribution in [0, 0.1) is 5.92 Å². The molecule has 148 valence electrons. The molecular weight excluding hydrogens is 338 g/mol. The van der Waals surface area contributed by atoms with Gasteiger partial charge in [0.05, 0.1) is 25.1 Å². The fraction of sp³-hybridized carbons (Fsp3) is 0.591. The summed E-state index contributed by atoms with van der Waals surface area (Å²) in [6.45, 7) is 9.62. The Morgan fingerprint density at radius 3 is 2.52 bits per heavy atom. The average molecular weight is 372 g/mol. The summed E-state index contributed by atoms with van der Waals surface area (Å²) in [6, 6.07) is 8.45. The van der Waals surface area contributed by atoms with E-state index in [9.17, 15) is 5.11 Å². The van der Waals surface area contributed by atoms with Gasteiger partial charge >= 0.3 is 0 Å². The zero-order chi connectivity index (χ0) is 19.4. The summed E-state index contributed by atoms with van der Waals surface area (Å²) in [7, 11) is 1.69. The first-order chi connectivity index (χ1) is 13.0. The van der Waals surface area contributed by atoms with Gasteiger partial charge < -0.3 is 14.4 Å². The largest absolute Gasteiger partial charge is 0.497 e. The van der Waals surface area contributed by atoms with Crippen LogP contribution in [0.15, 0.2) is 24.3 Å². The van der Waals surface area contributed by atoms with Crippen LogP contribution in [0.5, 0.6) is 5.75 Å². The average Bonchev–Trinajstić information content (AvgIpc) is 3.03. The Balaban J connectivity index is 1.87. The lowest BCUT2D eigenvalue weighted by Gasteiger charge is -2.33. The SMILES string of the molecule is COc1ccc(Cc2nc(CCC(C)C)n3c2CN(C(C)CO)CC3)cc1. The summed E-state index contributed by atoms with van der Waals surface area (Å²) in [5.74, 6) is 2.78. The molecule has 1 unspecified atom stereocenters. The highest BCUT2D eigenvalue weighted by Crippen LogP contribution is 2.25. The number of aromatic nitrogens is 2. The summed E-state index contributed by atoms with van der Waals surface area (Å²) in [6.07, 6.45) is 3.03. The summed E-state index contributed by atoms with van der Waals surface area (Å²) in [5.41, 5.74) is 3.74. The van der Waals surface area contributed by atoms with Crippen molar-refractivity contribution in [2.24, 2.45) is 5.92 Å². The quantitative estimate of drug-likeness (QED) is 0.774. The van der Waals surface area contributed by atoms with E-state index in [2.05, 4.69) is 42.4 Å². The van der Waals surface area contributed by atoms with Gasteiger partial charge in [0, 0.05) is 38.5 Å². The third-order valence-corrected chi connectivity index (χ3v) is 5.56. The third-order valence-electron chi connectivity index (χ3n) is 5.56. The van der Waals surface area contributed by atoms with Crippen molar-refractivity contribution in [3.8, 4) is 5.75 Å². The number of methoxy groups -OCH3 is 1. The first kappa shape index (κ1) is 19.9. The van der Waals surface area contributed by atoms with Crippen LogP contribution in [-0.4, -0.2) is 45.9 Å². The van der Waals surface area contributed by atoms with Crippen molar-refractivity contribution in [3.63, 3.8) is 0 Å². The summed E-state index contributed by atoms with van der Waals surface area (Å²) < 4.78 is 7.70. The molecule has 0 radical (unpaired) electrons. The second-order valence-corrected chi connectivity index (χ2v) is 8.03. The second-order valence-electron chi connectivity index (χ2n) is 8.03. The van der Waals surface area contributed by atoms with Gasteiger partial charge in [-0.05, 0) is 37.0 Å². The minimum absolute atomic E-state index is 0.182. The number of benzene rings is 1. The Bertz CT molecular complexity index is 737. The molecular formula is C22H33N3O2. The molecule has 1 atom stereocenters. The summed E-state index contributed by atoms with van der Waals surface area (Å²) in [5, 5.41) is 9.56. The van der Waals surface area contributed by atoms with Crippen LogP contribution in [0.1, 0.15) is 50.0 Å². The molecule has 0 fully saturated rings. The van der Waals surface area contributed by atoms with Gasteiger partial charge in [-0.1, -0.05) is 26.0 Å². The minimum Gasteiger partial charge on any atom is -0.497 e. The number of rotatable bonds is 8. The van der Waals surface area contributed by atoms with Crippen LogP contribution >= 0.6 is 0 Å². The number of ether oxygens (including phenoxy) is 1. The maximum Gasteiger partial charge on any atom is 0.118 e. The van der Waals surface area contributed by atoms with Crippen molar-refractivity contribution in [1.82, 2.24) is 14.5 Å². The van der Waals surface area contributed by atoms with Crippen molar-refractivity contribution in [3.05, 3.63) is 47.0 Å². The maximum atomic E-state index is 9.56. The Morgan fingerprint density at radius 1 is 1.15 bits per heavy atom. The molecule has 1 aromatic carbocycles. The number of aliphatic hydroxyl groups excluding tert-OH is 1. The lowest BCUT2D eigenvalue weighted by atomic mass is 10.1. The predicted octanol–water partition coefficient (Wildman–Crippen LogP) is 3.27. The number of nitrogens with zero attached hydrogens (tertiary/aromatic N) is 3. The van der Waals surface area contributed by atoms with Gasteiger partial charge in [-0.3, -0.25) is 4.90 Å². The lowest BCUT2D eigenvalue weighted by molar-refractivity contribution is 0.108. The number of aliphatic hydroxyl groups is 1. The fourth-order valence-corrected chi connectivity index (χ4v) is 3.71. The molecule has 3 rings (SSSR count). The molecule has 1 aromatic heterocycles. The van der Waals surface area contributed by atoms with Crippen molar-refractivity contribution in [2.45, 2.75) is 59.2 Å². The molecule has 0 aliphatic carbocycles. The van der Waals surface area contributed by atoms with Gasteiger partial charge in [0.2, 0.25) is 0 Å². The molecule has 0 amide bonds. The maximum absolute atomic E-state index is 9.56. The van der Waals surface area contributed by atoms with Crippen molar-refractivity contribution >= 4 is 0 Å². The van der Waals surface area contributed by atoms with E-state index in [1.807, 2.05) is 12.1 Å². The van der Waals surface area contributed by atoms with E-state index >= 15 is 0 Å². The van der Waals surface area contributed by atoms with Crippen LogP contribution in [0.3, 0.4) is 0 Å². The normalized spacial score (nSPS) is 15.8. The highest BCUT2D eigenvalue weighted by Gasteiger charge is 2.26. The Kier molecular flexibility index (Phi) is 6.55. The van der Waals surface area contributed by atoms with Gasteiger partial charge in [-0.2, -0.15) is 0 Å². The lowest BCUT2D eigenvalue weighted by Crippen LogP contribution is -2.41. The zero-order valence-corrected chi connectivity index (χ0v) is 17.1. The van der Waals surface area contributed by atoms with Gasteiger partial charge in [0.15, 0.2) is 0 Å². The summed E-state index contributed by atoms with van der Waals surface area (Å²) >= 11 is 0. The molecule has 1 N–H and O–H groups in total. The van der Waals surface area contributed by atoms with Gasteiger partial charge in [0.25, 0.3) is 0 Å². The molecule has 1 aliphatic heterocycles. The van der Waals surface area contributed by atoms with Gasteiger partial charge in [-0.25, -0.2) is 4.98 Å². The molecule has 0 saturated heterocycles. The van der Waals surface area contributed by atoms with E-state index in [1.165, 1.54) is 22.8 Å². The van der Waals surface area contributed by atoms with E-state index in [-0.39, 0.29) is 12.6 Å². The van der Waals surface area contributed by atoms with Gasteiger partial charge in [0.1, 0.15) is 11.6 Å². The molecule has 5 nitrogen and oxygen atoms in total. The first-order valence-electron chi connectivity index (χ1n) is 10.1. The predicted molar refractivity (Wildman–Crippen MR) is 108 cm³/mol. The van der Waals surface area contributed by atoms with Crippen LogP contribution in [0.2, 0.25) is 0 Å². The van der Waals surface area contributed by atoms with Crippen LogP contribution in [0.25, 0.3) is 0 Å². The molecule has 2 aromatic rings.